The summed E-state index contributed by atoms with van der Waals surface area (Å²) in [6.07, 6.45) is 0. The summed E-state index contributed by atoms with van der Waals surface area (Å²) in [6, 6.07) is 17.9. The smallest absolute Gasteiger partial charge is 0.271 e. The Balaban J connectivity index is 1.59. The van der Waals surface area contributed by atoms with Crippen LogP contribution in [0.15, 0.2) is 69.9 Å². The Morgan fingerprint density at radius 3 is 2.70 bits per heavy atom. The van der Waals surface area contributed by atoms with Crippen molar-refractivity contribution in [1.82, 2.24) is 19.2 Å². The van der Waals surface area contributed by atoms with Crippen molar-refractivity contribution in [1.29, 1.82) is 0 Å². The lowest BCUT2D eigenvalue weighted by Gasteiger charge is -2.10. The molecule has 0 aliphatic rings. The monoisotopic (exact) mass is 452 g/mol. The predicted molar refractivity (Wildman–Crippen MR) is 124 cm³/mol. The Kier molecular flexibility index (Phi) is 5.10. The highest BCUT2D eigenvalue weighted by molar-refractivity contribution is 7.98. The average molecular weight is 453 g/mol. The van der Waals surface area contributed by atoms with Gasteiger partial charge in [0, 0.05) is 10.8 Å². The maximum absolute atomic E-state index is 13.2. The second kappa shape index (κ2) is 7.91. The molecular formula is C22H17ClN4OS2. The lowest BCUT2D eigenvalue weighted by atomic mass is 10.2. The van der Waals surface area contributed by atoms with Crippen molar-refractivity contribution in [2.24, 2.45) is 0 Å². The normalized spacial score (nSPS) is 11.5. The first kappa shape index (κ1) is 19.4. The zero-order valence-corrected chi connectivity index (χ0v) is 18.5. The van der Waals surface area contributed by atoms with E-state index in [4.69, 9.17) is 11.6 Å². The minimum Gasteiger partial charge on any atom is -0.271 e. The summed E-state index contributed by atoms with van der Waals surface area (Å²) < 4.78 is 4.38. The molecule has 0 aliphatic carbocycles. The highest BCUT2D eigenvalue weighted by Gasteiger charge is 2.18. The zero-order chi connectivity index (χ0) is 20.7. The van der Waals surface area contributed by atoms with Gasteiger partial charge in [-0.15, -0.1) is 21.5 Å². The molecule has 0 saturated carbocycles. The van der Waals surface area contributed by atoms with E-state index >= 15 is 0 Å². The largest absolute Gasteiger partial charge is 0.273 e. The van der Waals surface area contributed by atoms with Crippen molar-refractivity contribution >= 4 is 50.7 Å². The van der Waals surface area contributed by atoms with E-state index in [1.807, 2.05) is 40.1 Å². The highest BCUT2D eigenvalue weighted by Crippen LogP contribution is 2.27. The van der Waals surface area contributed by atoms with E-state index in [2.05, 4.69) is 41.4 Å². The summed E-state index contributed by atoms with van der Waals surface area (Å²) in [5.74, 6) is 1.33. The van der Waals surface area contributed by atoms with E-state index in [1.165, 1.54) is 22.5 Å². The molecule has 3 heterocycles. The quantitative estimate of drug-likeness (QED) is 0.335. The van der Waals surface area contributed by atoms with Gasteiger partial charge in [-0.1, -0.05) is 65.3 Å². The Bertz CT molecular complexity index is 1420. The third-order valence-corrected chi connectivity index (χ3v) is 7.03. The van der Waals surface area contributed by atoms with Gasteiger partial charge in [-0.25, -0.2) is 0 Å². The van der Waals surface area contributed by atoms with Gasteiger partial charge in [0.25, 0.3) is 5.56 Å². The van der Waals surface area contributed by atoms with Gasteiger partial charge >= 0.3 is 0 Å². The van der Waals surface area contributed by atoms with Crippen molar-refractivity contribution in [3.8, 4) is 0 Å². The van der Waals surface area contributed by atoms with Gasteiger partial charge in [0.05, 0.1) is 12.1 Å². The van der Waals surface area contributed by atoms with E-state index < -0.39 is 0 Å². The van der Waals surface area contributed by atoms with Gasteiger partial charge in [0.2, 0.25) is 5.78 Å². The maximum atomic E-state index is 13.2. The number of aryl methyl sites for hydroxylation is 1. The lowest BCUT2D eigenvalue weighted by molar-refractivity contribution is 0.765. The summed E-state index contributed by atoms with van der Waals surface area (Å²) in [4.78, 5) is 13.2. The van der Waals surface area contributed by atoms with E-state index in [1.54, 1.807) is 16.3 Å². The van der Waals surface area contributed by atoms with Crippen molar-refractivity contribution < 1.29 is 0 Å². The molecule has 5 aromatic rings. The molecule has 0 saturated heterocycles. The van der Waals surface area contributed by atoms with Crippen LogP contribution in [0.5, 0.6) is 0 Å². The molecule has 0 unspecified atom stereocenters. The van der Waals surface area contributed by atoms with Crippen LogP contribution in [-0.2, 0) is 12.3 Å². The van der Waals surface area contributed by atoms with Crippen molar-refractivity contribution in [2.45, 2.75) is 24.4 Å². The predicted octanol–water partition coefficient (Wildman–Crippen LogP) is 5.41. The number of rotatable bonds is 5. The first-order chi connectivity index (χ1) is 14.6. The third kappa shape index (κ3) is 3.53. The van der Waals surface area contributed by atoms with Crippen molar-refractivity contribution in [3.05, 3.63) is 92.0 Å². The molecule has 0 atom stereocenters. The molecule has 0 fully saturated rings. The fraction of sp³-hybridized carbons (Fsp3) is 0.136. The Labute approximate surface area is 186 Å². The summed E-state index contributed by atoms with van der Waals surface area (Å²) in [7, 11) is 0. The molecule has 3 aromatic heterocycles. The summed E-state index contributed by atoms with van der Waals surface area (Å²) in [5.41, 5.74) is 4.24. The first-order valence-corrected chi connectivity index (χ1v) is 11.6. The molecule has 0 radical (unpaired) electrons. The number of benzene rings is 2. The summed E-state index contributed by atoms with van der Waals surface area (Å²) in [5, 5.41) is 12.2. The SMILES string of the molecule is Cc1cccc(CSc2nnc3n(Cc4ccc(Cl)cc4)c(=O)c4sccc4n23)c1. The number of hydrogen-bond donors (Lipinski definition) is 0. The third-order valence-electron chi connectivity index (χ3n) is 4.89. The van der Waals surface area contributed by atoms with E-state index in [0.29, 0.717) is 22.0 Å². The van der Waals surface area contributed by atoms with Gasteiger partial charge in [0.1, 0.15) is 4.70 Å². The van der Waals surface area contributed by atoms with Crippen LogP contribution in [0.2, 0.25) is 5.02 Å². The van der Waals surface area contributed by atoms with Crippen LogP contribution in [0.1, 0.15) is 16.7 Å². The Morgan fingerprint density at radius 1 is 1.07 bits per heavy atom. The van der Waals surface area contributed by atoms with Crippen LogP contribution < -0.4 is 5.56 Å². The average Bonchev–Trinajstić information content (AvgIpc) is 3.38. The van der Waals surface area contributed by atoms with Gasteiger partial charge in [-0.2, -0.15) is 0 Å². The number of nitrogens with zero attached hydrogens (tertiary/aromatic N) is 4. The van der Waals surface area contributed by atoms with E-state index in [9.17, 15) is 4.79 Å². The number of fused-ring (bicyclic) bond motifs is 3. The number of halogens is 1. The van der Waals surface area contributed by atoms with E-state index in [-0.39, 0.29) is 5.56 Å². The molecule has 5 nitrogen and oxygen atoms in total. The zero-order valence-electron chi connectivity index (χ0n) is 16.1. The summed E-state index contributed by atoms with van der Waals surface area (Å²) >= 11 is 9.07. The fourth-order valence-corrected chi connectivity index (χ4v) is 5.29. The second-order valence-corrected chi connectivity index (χ2v) is 9.34. The molecule has 5 rings (SSSR count). The van der Waals surface area contributed by atoms with Crippen molar-refractivity contribution in [3.63, 3.8) is 0 Å². The van der Waals surface area contributed by atoms with Crippen LogP contribution in [0.4, 0.5) is 0 Å². The number of hydrogen-bond acceptors (Lipinski definition) is 5. The first-order valence-electron chi connectivity index (χ1n) is 9.38. The standard InChI is InChI=1S/C22H17ClN4OS2/c1-14-3-2-4-16(11-14)13-30-22-25-24-21-26(12-15-5-7-17(23)8-6-15)20(28)19-18(27(21)22)9-10-29-19/h2-11H,12-13H2,1H3. The van der Waals surface area contributed by atoms with E-state index in [0.717, 1.165) is 22.0 Å². The highest BCUT2D eigenvalue weighted by atomic mass is 35.5. The van der Waals surface area contributed by atoms with Crippen molar-refractivity contribution in [2.75, 3.05) is 0 Å². The fourth-order valence-electron chi connectivity index (χ4n) is 3.46. The van der Waals surface area contributed by atoms with Crippen LogP contribution >= 0.6 is 34.7 Å². The molecule has 2 aromatic carbocycles. The molecule has 0 N–H and O–H groups in total. The Morgan fingerprint density at radius 2 is 1.90 bits per heavy atom. The van der Waals surface area contributed by atoms with Crippen LogP contribution in [0.3, 0.4) is 0 Å². The van der Waals surface area contributed by atoms with Gasteiger partial charge in [-0.3, -0.25) is 13.8 Å². The van der Waals surface area contributed by atoms with Gasteiger partial charge in [0.15, 0.2) is 5.16 Å². The second-order valence-electron chi connectivity index (χ2n) is 7.05. The Hall–Kier alpha value is -2.61. The molecule has 0 spiro atoms. The molecular weight excluding hydrogens is 436 g/mol. The minimum atomic E-state index is -0.0508. The van der Waals surface area contributed by atoms with Crippen LogP contribution in [0.25, 0.3) is 16.0 Å². The van der Waals surface area contributed by atoms with Crippen LogP contribution in [0, 0.1) is 6.92 Å². The van der Waals surface area contributed by atoms with Crippen LogP contribution in [-0.4, -0.2) is 19.2 Å². The molecule has 0 aliphatic heterocycles. The topological polar surface area (TPSA) is 52.2 Å². The van der Waals surface area contributed by atoms with Gasteiger partial charge in [-0.05, 0) is 41.6 Å². The molecule has 30 heavy (non-hydrogen) atoms. The number of thioether (sulfide) groups is 1. The molecule has 0 amide bonds. The molecule has 150 valence electrons. The number of aromatic nitrogens is 4. The molecule has 8 heteroatoms. The molecule has 0 bridgehead atoms. The number of thiophene rings is 1. The van der Waals surface area contributed by atoms with Gasteiger partial charge < -0.3 is 0 Å². The maximum Gasteiger partial charge on any atom is 0.273 e. The lowest BCUT2D eigenvalue weighted by Crippen LogP contribution is -2.23. The minimum absolute atomic E-state index is 0.0508. The summed E-state index contributed by atoms with van der Waals surface area (Å²) in [6.45, 7) is 2.50.